The second kappa shape index (κ2) is 11.3. The largest absolute Gasteiger partial charge is 0.494 e. The number of amides is 1. The summed E-state index contributed by atoms with van der Waals surface area (Å²) in [5.74, 6) is 0.423. The average Bonchev–Trinajstić information content (AvgIpc) is 3.62. The van der Waals surface area contributed by atoms with Crippen LogP contribution in [0.15, 0.2) is 101 Å². The van der Waals surface area contributed by atoms with Gasteiger partial charge in [-0.1, -0.05) is 60.4 Å². The Hall–Kier alpha value is -4.67. The average molecular weight is 594 g/mol. The molecule has 0 N–H and O–H groups in total. The number of rotatable bonds is 7. The molecule has 42 heavy (non-hydrogen) atoms. The van der Waals surface area contributed by atoms with Gasteiger partial charge in [-0.2, -0.15) is 5.10 Å². The molecule has 0 radical (unpaired) electrons. The zero-order valence-corrected chi connectivity index (χ0v) is 24.9. The van der Waals surface area contributed by atoms with Gasteiger partial charge in [-0.25, -0.2) is 9.36 Å². The van der Waals surface area contributed by atoms with Crippen molar-refractivity contribution in [2.24, 2.45) is 7.05 Å². The Labute approximate surface area is 252 Å². The van der Waals surface area contributed by atoms with Gasteiger partial charge in [0.1, 0.15) is 11.4 Å². The maximum absolute atomic E-state index is 13.9. The molecule has 0 unspecified atom stereocenters. The molecule has 1 fully saturated rings. The molecular formula is C32H27N5O3S2. The van der Waals surface area contributed by atoms with Crippen molar-refractivity contribution in [2.75, 3.05) is 11.5 Å². The Morgan fingerprint density at radius 1 is 0.929 bits per heavy atom. The van der Waals surface area contributed by atoms with Crippen LogP contribution in [0.2, 0.25) is 0 Å². The number of carbonyl (C=O) groups is 1. The molecule has 1 amide bonds. The lowest BCUT2D eigenvalue weighted by Gasteiger charge is -2.12. The number of aromatic nitrogens is 4. The van der Waals surface area contributed by atoms with Crippen LogP contribution in [-0.4, -0.2) is 36.0 Å². The first-order chi connectivity index (χ1) is 20.4. The van der Waals surface area contributed by atoms with E-state index in [2.05, 4.69) is 0 Å². The van der Waals surface area contributed by atoms with Crippen LogP contribution in [0.1, 0.15) is 18.2 Å². The minimum atomic E-state index is -0.346. The third kappa shape index (κ3) is 4.88. The summed E-state index contributed by atoms with van der Waals surface area (Å²) in [6, 6.07) is 26.8. The van der Waals surface area contributed by atoms with Crippen LogP contribution < -0.4 is 15.2 Å². The molecule has 10 heteroatoms. The molecule has 3 heterocycles. The van der Waals surface area contributed by atoms with Crippen LogP contribution in [0.4, 0.5) is 5.69 Å². The third-order valence-electron chi connectivity index (χ3n) is 7.03. The van der Waals surface area contributed by atoms with Crippen LogP contribution in [-0.2, 0) is 11.8 Å². The first-order valence-electron chi connectivity index (χ1n) is 13.4. The van der Waals surface area contributed by atoms with E-state index in [9.17, 15) is 9.59 Å². The Morgan fingerprint density at radius 2 is 1.57 bits per heavy atom. The van der Waals surface area contributed by atoms with Gasteiger partial charge >= 0.3 is 0 Å². The SMILES string of the molecule is CCOc1ccc(-c2nn(-c3ccccc3)cc2C=C2SC(=S)N(c3c(C)n(C)n(-c4ccccc4)c3=O)C2=O)cc1. The standard InChI is InChI=1S/C32H27N5O3S2/c1-4-40-26-17-15-22(16-18-26)28-23(20-35(33-28)24-11-7-5-8-12-24)19-27-30(38)36(32(41)42-27)29-21(2)34(3)37(31(29)39)25-13-9-6-10-14-25/h5-20H,4H2,1-3H3. The van der Waals surface area contributed by atoms with Gasteiger partial charge in [0.05, 0.1) is 34.3 Å². The van der Waals surface area contributed by atoms with Gasteiger partial charge in [0.15, 0.2) is 4.32 Å². The first kappa shape index (κ1) is 27.5. The maximum atomic E-state index is 13.9. The van der Waals surface area contributed by atoms with E-state index in [4.69, 9.17) is 22.1 Å². The quantitative estimate of drug-likeness (QED) is 0.167. The van der Waals surface area contributed by atoms with E-state index in [0.29, 0.717) is 32.9 Å². The summed E-state index contributed by atoms with van der Waals surface area (Å²) in [6.45, 7) is 4.33. The molecule has 1 aliphatic heterocycles. The number of anilines is 1. The van der Waals surface area contributed by atoms with Crippen molar-refractivity contribution in [1.29, 1.82) is 0 Å². The summed E-state index contributed by atoms with van der Waals surface area (Å²) in [5.41, 5.74) is 4.48. The molecule has 1 saturated heterocycles. The molecule has 2 aromatic heterocycles. The Morgan fingerprint density at radius 3 is 2.21 bits per heavy atom. The number of nitrogens with zero attached hydrogens (tertiary/aromatic N) is 5. The van der Waals surface area contributed by atoms with Crippen molar-refractivity contribution < 1.29 is 9.53 Å². The highest BCUT2D eigenvalue weighted by Crippen LogP contribution is 2.38. The van der Waals surface area contributed by atoms with Gasteiger partial charge in [0.2, 0.25) is 0 Å². The molecule has 3 aromatic carbocycles. The lowest BCUT2D eigenvalue weighted by molar-refractivity contribution is -0.113. The molecule has 0 saturated carbocycles. The zero-order valence-electron chi connectivity index (χ0n) is 23.2. The molecule has 6 rings (SSSR count). The number of thioether (sulfide) groups is 1. The topological polar surface area (TPSA) is 74.3 Å². The predicted molar refractivity (Wildman–Crippen MR) is 172 cm³/mol. The highest BCUT2D eigenvalue weighted by atomic mass is 32.2. The van der Waals surface area contributed by atoms with Gasteiger partial charge < -0.3 is 4.74 Å². The van der Waals surface area contributed by atoms with Crippen molar-refractivity contribution in [3.8, 4) is 28.4 Å². The molecular weight excluding hydrogens is 567 g/mol. The second-order valence-corrected chi connectivity index (χ2v) is 11.3. The fraction of sp³-hybridized carbons (Fsp3) is 0.125. The van der Waals surface area contributed by atoms with Crippen molar-refractivity contribution in [3.63, 3.8) is 0 Å². The lowest BCUT2D eigenvalue weighted by atomic mass is 10.1. The van der Waals surface area contributed by atoms with Crippen LogP contribution in [0, 0.1) is 6.92 Å². The van der Waals surface area contributed by atoms with Gasteiger partial charge in [0, 0.05) is 24.4 Å². The van der Waals surface area contributed by atoms with Crippen LogP contribution in [0.25, 0.3) is 28.7 Å². The van der Waals surface area contributed by atoms with E-state index < -0.39 is 0 Å². The molecule has 0 aliphatic carbocycles. The molecule has 1 aliphatic rings. The normalized spacial score (nSPS) is 14.3. The van der Waals surface area contributed by atoms with Gasteiger partial charge in [-0.15, -0.1) is 0 Å². The number of para-hydroxylation sites is 2. The van der Waals surface area contributed by atoms with E-state index >= 15 is 0 Å². The van der Waals surface area contributed by atoms with E-state index in [1.165, 1.54) is 16.7 Å². The number of hydrogen-bond acceptors (Lipinski definition) is 6. The fourth-order valence-corrected chi connectivity index (χ4v) is 6.18. The van der Waals surface area contributed by atoms with Gasteiger partial charge in [0.25, 0.3) is 11.5 Å². The second-order valence-electron chi connectivity index (χ2n) is 9.60. The molecule has 0 bridgehead atoms. The third-order valence-corrected chi connectivity index (χ3v) is 8.33. The number of ether oxygens (including phenoxy) is 1. The molecule has 0 spiro atoms. The Bertz CT molecular complexity index is 1890. The summed E-state index contributed by atoms with van der Waals surface area (Å²) in [4.78, 5) is 29.3. The highest BCUT2D eigenvalue weighted by Gasteiger charge is 2.38. The minimum Gasteiger partial charge on any atom is -0.494 e. The van der Waals surface area contributed by atoms with Crippen LogP contribution >= 0.6 is 24.0 Å². The van der Waals surface area contributed by atoms with Crippen LogP contribution in [0.3, 0.4) is 0 Å². The Balaban J connectivity index is 1.42. The fourth-order valence-electron chi connectivity index (χ4n) is 4.92. The van der Waals surface area contributed by atoms with Crippen molar-refractivity contribution in [2.45, 2.75) is 13.8 Å². The maximum Gasteiger partial charge on any atom is 0.296 e. The number of benzene rings is 3. The van der Waals surface area contributed by atoms with E-state index in [0.717, 1.165) is 22.6 Å². The van der Waals surface area contributed by atoms with Gasteiger partial charge in [-0.05, 0) is 68.5 Å². The Kier molecular flexibility index (Phi) is 7.40. The molecule has 5 aromatic rings. The van der Waals surface area contributed by atoms with E-state index in [-0.39, 0.29) is 17.2 Å². The summed E-state index contributed by atoms with van der Waals surface area (Å²) in [7, 11) is 1.79. The van der Waals surface area contributed by atoms with Crippen molar-refractivity contribution in [3.05, 3.63) is 118 Å². The zero-order chi connectivity index (χ0) is 29.4. The van der Waals surface area contributed by atoms with E-state index in [1.807, 2.05) is 105 Å². The highest BCUT2D eigenvalue weighted by molar-refractivity contribution is 8.27. The van der Waals surface area contributed by atoms with E-state index in [1.54, 1.807) is 27.2 Å². The summed E-state index contributed by atoms with van der Waals surface area (Å²) in [5, 5.41) is 4.87. The van der Waals surface area contributed by atoms with Gasteiger partial charge in [-0.3, -0.25) is 19.2 Å². The van der Waals surface area contributed by atoms with Crippen molar-refractivity contribution in [1.82, 2.24) is 19.1 Å². The monoisotopic (exact) mass is 593 g/mol. The number of thiocarbonyl (C=S) groups is 1. The summed E-state index contributed by atoms with van der Waals surface area (Å²) >= 11 is 6.84. The summed E-state index contributed by atoms with van der Waals surface area (Å²) < 4.78 is 11.0. The summed E-state index contributed by atoms with van der Waals surface area (Å²) in [6.07, 6.45) is 3.69. The predicted octanol–water partition coefficient (Wildman–Crippen LogP) is 6.14. The van der Waals surface area contributed by atoms with Crippen LogP contribution in [0.5, 0.6) is 5.75 Å². The number of carbonyl (C=O) groups excluding carboxylic acids is 1. The molecule has 8 nitrogen and oxygen atoms in total. The lowest BCUT2D eigenvalue weighted by Crippen LogP contribution is -2.33. The number of hydrogen-bond donors (Lipinski definition) is 0. The molecule has 0 atom stereocenters. The van der Waals surface area contributed by atoms with Crippen molar-refractivity contribution >= 4 is 46.0 Å². The smallest absolute Gasteiger partial charge is 0.296 e. The minimum absolute atomic E-state index is 0.249. The first-order valence-corrected chi connectivity index (χ1v) is 14.6. The molecule has 210 valence electrons.